The lowest BCUT2D eigenvalue weighted by atomic mass is 9.82. The fourth-order valence-corrected chi connectivity index (χ4v) is 2.97. The molecule has 0 aliphatic heterocycles. The number of carboxylic acids is 1. The van der Waals surface area contributed by atoms with Gasteiger partial charge in [-0.2, -0.15) is 0 Å². The minimum atomic E-state index is -0.683. The number of nitrogens with zero attached hydrogens (tertiary/aromatic N) is 1. The number of methoxy groups -OCH3 is 1. The molecule has 0 radical (unpaired) electrons. The van der Waals surface area contributed by atoms with Crippen LogP contribution in [0.25, 0.3) is 0 Å². The Morgan fingerprint density at radius 2 is 1.86 bits per heavy atom. The molecule has 0 bridgehead atoms. The van der Waals surface area contributed by atoms with Gasteiger partial charge in [0, 0.05) is 26.2 Å². The van der Waals surface area contributed by atoms with Crippen molar-refractivity contribution in [3.63, 3.8) is 0 Å². The normalized spacial score (nSPS) is 25.4. The highest BCUT2D eigenvalue weighted by molar-refractivity contribution is 5.75. The largest absolute Gasteiger partial charge is 0.481 e. The van der Waals surface area contributed by atoms with Crippen LogP contribution in [0.2, 0.25) is 0 Å². The molecule has 2 rings (SSSR count). The lowest BCUT2D eigenvalue weighted by Gasteiger charge is -2.28. The molecule has 2 fully saturated rings. The molecule has 0 heterocycles. The van der Waals surface area contributed by atoms with Gasteiger partial charge in [0.1, 0.15) is 0 Å². The minimum absolute atomic E-state index is 0.00471. The van der Waals surface area contributed by atoms with Gasteiger partial charge in [0.25, 0.3) is 0 Å². The highest BCUT2D eigenvalue weighted by Crippen LogP contribution is 2.29. The van der Waals surface area contributed by atoms with Gasteiger partial charge in [-0.3, -0.25) is 4.79 Å². The van der Waals surface area contributed by atoms with E-state index in [0.29, 0.717) is 31.7 Å². The SMILES string of the molecule is COCCN(C(=O)NCC1CCC(C(=O)O)CC1)C1CC1. The number of rotatable bonds is 7. The number of urea groups is 1. The van der Waals surface area contributed by atoms with E-state index >= 15 is 0 Å². The molecule has 2 saturated carbocycles. The number of carboxylic acid groups (broad SMARTS) is 1. The van der Waals surface area contributed by atoms with Gasteiger partial charge in [-0.05, 0) is 44.4 Å². The van der Waals surface area contributed by atoms with Gasteiger partial charge in [0.2, 0.25) is 0 Å². The van der Waals surface area contributed by atoms with Crippen LogP contribution in [0.3, 0.4) is 0 Å². The topological polar surface area (TPSA) is 78.9 Å². The predicted molar refractivity (Wildman–Crippen MR) is 78.1 cm³/mol. The third-order valence-electron chi connectivity index (χ3n) is 4.52. The first-order chi connectivity index (χ1) is 10.1. The van der Waals surface area contributed by atoms with Crippen LogP contribution in [0.1, 0.15) is 38.5 Å². The molecule has 0 saturated heterocycles. The summed E-state index contributed by atoms with van der Waals surface area (Å²) in [7, 11) is 1.64. The quantitative estimate of drug-likeness (QED) is 0.750. The Kier molecular flexibility index (Phi) is 5.85. The van der Waals surface area contributed by atoms with Gasteiger partial charge in [0.15, 0.2) is 0 Å². The lowest BCUT2D eigenvalue weighted by Crippen LogP contribution is -2.44. The molecule has 2 aliphatic carbocycles. The minimum Gasteiger partial charge on any atom is -0.481 e. The number of carbonyl (C=O) groups excluding carboxylic acids is 1. The molecule has 0 atom stereocenters. The van der Waals surface area contributed by atoms with E-state index < -0.39 is 5.97 Å². The molecule has 0 aromatic carbocycles. The van der Waals surface area contributed by atoms with Crippen LogP contribution in [-0.2, 0) is 9.53 Å². The molecular formula is C15H26N2O4. The Bertz CT molecular complexity index is 363. The molecule has 6 nitrogen and oxygen atoms in total. The van der Waals surface area contributed by atoms with Crippen LogP contribution in [0.5, 0.6) is 0 Å². The first-order valence-electron chi connectivity index (χ1n) is 7.88. The summed E-state index contributed by atoms with van der Waals surface area (Å²) in [5.41, 5.74) is 0. The van der Waals surface area contributed by atoms with Crippen molar-refractivity contribution in [2.75, 3.05) is 26.8 Å². The first kappa shape index (κ1) is 16.1. The van der Waals surface area contributed by atoms with Crippen LogP contribution in [0.15, 0.2) is 0 Å². The molecular weight excluding hydrogens is 272 g/mol. The number of ether oxygens (including phenoxy) is 1. The van der Waals surface area contributed by atoms with Crippen LogP contribution in [0, 0.1) is 11.8 Å². The summed E-state index contributed by atoms with van der Waals surface area (Å²) in [6.07, 6.45) is 5.40. The van der Waals surface area contributed by atoms with Crippen LogP contribution in [-0.4, -0.2) is 54.9 Å². The smallest absolute Gasteiger partial charge is 0.317 e. The van der Waals surface area contributed by atoms with Crippen molar-refractivity contribution < 1.29 is 19.4 Å². The summed E-state index contributed by atoms with van der Waals surface area (Å²) in [5, 5.41) is 12.0. The summed E-state index contributed by atoms with van der Waals surface area (Å²) < 4.78 is 5.05. The molecule has 0 aromatic heterocycles. The Labute approximate surface area is 125 Å². The fraction of sp³-hybridized carbons (Fsp3) is 0.867. The van der Waals surface area contributed by atoms with E-state index in [0.717, 1.165) is 38.5 Å². The second kappa shape index (κ2) is 7.64. The average molecular weight is 298 g/mol. The third-order valence-corrected chi connectivity index (χ3v) is 4.52. The highest BCUT2D eigenvalue weighted by atomic mass is 16.5. The zero-order valence-electron chi connectivity index (χ0n) is 12.7. The molecule has 2 aliphatic rings. The van der Waals surface area contributed by atoms with Crippen LogP contribution < -0.4 is 5.32 Å². The van der Waals surface area contributed by atoms with Crippen molar-refractivity contribution >= 4 is 12.0 Å². The van der Waals surface area contributed by atoms with Gasteiger partial charge in [-0.15, -0.1) is 0 Å². The summed E-state index contributed by atoms with van der Waals surface area (Å²) >= 11 is 0. The summed E-state index contributed by atoms with van der Waals surface area (Å²) in [6, 6.07) is 0.373. The van der Waals surface area contributed by atoms with Crippen LogP contribution in [0.4, 0.5) is 4.79 Å². The Hall–Kier alpha value is -1.30. The number of hydrogen-bond acceptors (Lipinski definition) is 3. The zero-order valence-corrected chi connectivity index (χ0v) is 12.7. The predicted octanol–water partition coefficient (Wildman–Crippen LogP) is 1.70. The van der Waals surface area contributed by atoms with Crippen molar-refractivity contribution in [2.45, 2.75) is 44.6 Å². The summed E-state index contributed by atoms with van der Waals surface area (Å²) in [6.45, 7) is 1.85. The summed E-state index contributed by atoms with van der Waals surface area (Å²) in [5.74, 6) is -0.466. The Balaban J connectivity index is 1.69. The van der Waals surface area contributed by atoms with Gasteiger partial charge in [0.05, 0.1) is 12.5 Å². The fourth-order valence-electron chi connectivity index (χ4n) is 2.97. The number of amides is 2. The van der Waals surface area contributed by atoms with Gasteiger partial charge < -0.3 is 20.1 Å². The number of aliphatic carboxylic acids is 1. The molecule has 0 aromatic rings. The lowest BCUT2D eigenvalue weighted by molar-refractivity contribution is -0.143. The van der Waals surface area contributed by atoms with Crippen molar-refractivity contribution in [1.82, 2.24) is 10.2 Å². The van der Waals surface area contributed by atoms with E-state index in [1.54, 1.807) is 7.11 Å². The van der Waals surface area contributed by atoms with Crippen molar-refractivity contribution in [1.29, 1.82) is 0 Å². The van der Waals surface area contributed by atoms with Gasteiger partial charge in [-0.25, -0.2) is 4.79 Å². The first-order valence-corrected chi connectivity index (χ1v) is 7.88. The second-order valence-corrected chi connectivity index (χ2v) is 6.16. The van der Waals surface area contributed by atoms with Crippen molar-refractivity contribution in [2.24, 2.45) is 11.8 Å². The van der Waals surface area contributed by atoms with E-state index in [-0.39, 0.29) is 11.9 Å². The standard InChI is InChI=1S/C15H26N2O4/c1-21-9-8-17(13-6-7-13)15(20)16-10-11-2-4-12(5-3-11)14(18)19/h11-13H,2-10H2,1H3,(H,16,20)(H,18,19). The maximum atomic E-state index is 12.2. The third kappa shape index (κ3) is 4.88. The van der Waals surface area contributed by atoms with E-state index in [1.807, 2.05) is 4.90 Å². The molecule has 0 spiro atoms. The highest BCUT2D eigenvalue weighted by Gasteiger charge is 2.33. The Morgan fingerprint density at radius 3 is 2.38 bits per heavy atom. The molecule has 6 heteroatoms. The van der Waals surface area contributed by atoms with Gasteiger partial charge >= 0.3 is 12.0 Å². The maximum absolute atomic E-state index is 12.2. The molecule has 120 valence electrons. The Morgan fingerprint density at radius 1 is 1.19 bits per heavy atom. The zero-order chi connectivity index (χ0) is 15.2. The van der Waals surface area contributed by atoms with E-state index in [2.05, 4.69) is 5.32 Å². The number of hydrogen-bond donors (Lipinski definition) is 2. The van der Waals surface area contributed by atoms with E-state index in [9.17, 15) is 9.59 Å². The summed E-state index contributed by atoms with van der Waals surface area (Å²) in [4.78, 5) is 25.0. The monoisotopic (exact) mass is 298 g/mol. The van der Waals surface area contributed by atoms with Crippen molar-refractivity contribution in [3.8, 4) is 0 Å². The van der Waals surface area contributed by atoms with Gasteiger partial charge in [-0.1, -0.05) is 0 Å². The molecule has 0 unspecified atom stereocenters. The number of nitrogens with one attached hydrogen (secondary N) is 1. The molecule has 2 N–H and O–H groups in total. The van der Waals surface area contributed by atoms with E-state index in [4.69, 9.17) is 9.84 Å². The molecule has 2 amide bonds. The second-order valence-electron chi connectivity index (χ2n) is 6.16. The average Bonchev–Trinajstić information content (AvgIpc) is 3.30. The number of carbonyl (C=O) groups is 2. The molecule has 21 heavy (non-hydrogen) atoms. The van der Waals surface area contributed by atoms with Crippen LogP contribution >= 0.6 is 0 Å². The van der Waals surface area contributed by atoms with E-state index in [1.165, 1.54) is 0 Å². The maximum Gasteiger partial charge on any atom is 0.317 e. The van der Waals surface area contributed by atoms with Crippen molar-refractivity contribution in [3.05, 3.63) is 0 Å².